The Kier molecular flexibility index (Phi) is 1.89. The molecule has 0 bridgehead atoms. The van der Waals surface area contributed by atoms with Crippen molar-refractivity contribution >= 4 is 11.0 Å². The van der Waals surface area contributed by atoms with Crippen molar-refractivity contribution in [1.82, 2.24) is 15.2 Å². The molecule has 0 saturated carbocycles. The van der Waals surface area contributed by atoms with Gasteiger partial charge in [0.1, 0.15) is 32.2 Å². The minimum Gasteiger partial charge on any atom is -0.198 e. The minimum atomic E-state index is 0.341. The summed E-state index contributed by atoms with van der Waals surface area (Å²) in [6, 6.07) is 7.68. The molecule has 0 aliphatic heterocycles. The molecular formula is C9H13N4O+. The van der Waals surface area contributed by atoms with E-state index in [0.29, 0.717) is 4.65 Å². The molecule has 0 atom stereocenters. The zero-order valence-electron chi connectivity index (χ0n) is 8.51. The molecule has 74 valence electrons. The van der Waals surface area contributed by atoms with Crippen molar-refractivity contribution < 1.29 is 9.58 Å². The van der Waals surface area contributed by atoms with E-state index in [1.54, 1.807) is 0 Å². The predicted octanol–water partition coefficient (Wildman–Crippen LogP) is 0.481. The highest BCUT2D eigenvalue weighted by Crippen LogP contribution is 2.08. The highest BCUT2D eigenvalue weighted by Gasteiger charge is 2.13. The quantitative estimate of drug-likeness (QED) is 0.514. The Morgan fingerprint density at radius 2 is 1.93 bits per heavy atom. The summed E-state index contributed by atoms with van der Waals surface area (Å²) in [5.74, 6) is 0. The molecule has 0 radical (unpaired) electrons. The van der Waals surface area contributed by atoms with Crippen LogP contribution in [0, 0.1) is 0 Å². The fourth-order valence-electron chi connectivity index (χ4n) is 1.14. The summed E-state index contributed by atoms with van der Waals surface area (Å²) < 4.78 is 0.341. The zero-order valence-corrected chi connectivity index (χ0v) is 8.51. The maximum atomic E-state index is 5.54. The summed E-state index contributed by atoms with van der Waals surface area (Å²) in [6.45, 7) is 0. The van der Waals surface area contributed by atoms with Crippen LogP contribution >= 0.6 is 0 Å². The van der Waals surface area contributed by atoms with E-state index in [1.165, 1.54) is 4.85 Å². The van der Waals surface area contributed by atoms with Gasteiger partial charge in [-0.05, 0) is 22.2 Å². The standard InChI is InChI=1S/C9H13N4O/c1-13(2,3)14-12-9-7-5-4-6-8(9)10-11-12/h4-7H,1-3H3/q+1. The Hall–Kier alpha value is -1.62. The molecule has 0 N–H and O–H groups in total. The third kappa shape index (κ3) is 1.67. The van der Waals surface area contributed by atoms with Crippen molar-refractivity contribution in [3.05, 3.63) is 24.3 Å². The Morgan fingerprint density at radius 3 is 2.64 bits per heavy atom. The Bertz CT molecular complexity index is 443. The van der Waals surface area contributed by atoms with Crippen LogP contribution < -0.4 is 4.94 Å². The summed E-state index contributed by atoms with van der Waals surface area (Å²) in [5.41, 5.74) is 1.71. The number of hydroxylamine groups is 3. The van der Waals surface area contributed by atoms with Crippen molar-refractivity contribution in [2.24, 2.45) is 0 Å². The second-order valence-corrected chi connectivity index (χ2v) is 3.92. The van der Waals surface area contributed by atoms with E-state index in [2.05, 4.69) is 10.3 Å². The van der Waals surface area contributed by atoms with Crippen molar-refractivity contribution in [3.8, 4) is 0 Å². The molecule has 14 heavy (non-hydrogen) atoms. The molecule has 0 amide bonds. The maximum absolute atomic E-state index is 5.54. The van der Waals surface area contributed by atoms with Crippen LogP contribution in [-0.2, 0) is 0 Å². The summed E-state index contributed by atoms with van der Waals surface area (Å²) in [7, 11) is 5.74. The lowest BCUT2D eigenvalue weighted by molar-refractivity contribution is -1.05. The number of fused-ring (bicyclic) bond motifs is 1. The molecule has 0 aliphatic rings. The zero-order chi connectivity index (χ0) is 10.2. The van der Waals surface area contributed by atoms with E-state index in [4.69, 9.17) is 4.94 Å². The van der Waals surface area contributed by atoms with Crippen LogP contribution in [-0.4, -0.2) is 40.9 Å². The highest BCUT2D eigenvalue weighted by atomic mass is 16.9. The lowest BCUT2D eigenvalue weighted by atomic mass is 10.3. The number of hydrogen-bond donors (Lipinski definition) is 0. The molecule has 2 aromatic rings. The second kappa shape index (κ2) is 2.95. The number of rotatable bonds is 2. The van der Waals surface area contributed by atoms with Crippen LogP contribution in [0.4, 0.5) is 0 Å². The maximum Gasteiger partial charge on any atom is 0.137 e. The van der Waals surface area contributed by atoms with Crippen molar-refractivity contribution in [1.29, 1.82) is 0 Å². The Morgan fingerprint density at radius 1 is 1.21 bits per heavy atom. The van der Waals surface area contributed by atoms with Gasteiger partial charge >= 0.3 is 0 Å². The molecule has 2 rings (SSSR count). The minimum absolute atomic E-state index is 0.341. The van der Waals surface area contributed by atoms with Gasteiger partial charge in [-0.25, -0.2) is 0 Å². The van der Waals surface area contributed by atoms with Gasteiger partial charge in [-0.15, -0.1) is 9.75 Å². The van der Waals surface area contributed by atoms with Gasteiger partial charge < -0.3 is 0 Å². The summed E-state index contributed by atoms with van der Waals surface area (Å²) >= 11 is 0. The third-order valence-corrected chi connectivity index (χ3v) is 1.64. The van der Waals surface area contributed by atoms with Gasteiger partial charge in [0.25, 0.3) is 0 Å². The first kappa shape index (κ1) is 8.96. The number of benzene rings is 1. The van der Waals surface area contributed by atoms with Crippen LogP contribution in [0.25, 0.3) is 11.0 Å². The average Bonchev–Trinajstić information content (AvgIpc) is 2.47. The molecule has 1 heterocycles. The molecule has 5 heteroatoms. The molecule has 1 aromatic heterocycles. The van der Waals surface area contributed by atoms with E-state index in [-0.39, 0.29) is 0 Å². The molecular weight excluding hydrogens is 180 g/mol. The second-order valence-electron chi connectivity index (χ2n) is 3.92. The monoisotopic (exact) mass is 193 g/mol. The van der Waals surface area contributed by atoms with Gasteiger partial charge in [-0.3, -0.25) is 0 Å². The molecule has 0 saturated heterocycles. The SMILES string of the molecule is C[N+](C)(C)On1nnc2ccccc21. The average molecular weight is 193 g/mol. The first-order chi connectivity index (χ1) is 6.56. The van der Waals surface area contributed by atoms with Crippen LogP contribution in [0.2, 0.25) is 0 Å². The number of para-hydroxylation sites is 1. The molecule has 0 unspecified atom stereocenters. The highest BCUT2D eigenvalue weighted by molar-refractivity contribution is 5.73. The molecule has 0 aliphatic carbocycles. The largest absolute Gasteiger partial charge is 0.198 e. The normalized spacial score (nSPS) is 11.9. The smallest absolute Gasteiger partial charge is 0.137 e. The predicted molar refractivity (Wildman–Crippen MR) is 52.1 cm³/mol. The lowest BCUT2D eigenvalue weighted by Crippen LogP contribution is -2.43. The van der Waals surface area contributed by atoms with Crippen LogP contribution in [0.5, 0.6) is 0 Å². The van der Waals surface area contributed by atoms with Gasteiger partial charge in [-0.2, -0.15) is 4.94 Å². The van der Waals surface area contributed by atoms with Crippen molar-refractivity contribution in [2.75, 3.05) is 21.1 Å². The molecule has 0 spiro atoms. The van der Waals surface area contributed by atoms with Gasteiger partial charge in [0, 0.05) is 0 Å². The fraction of sp³-hybridized carbons (Fsp3) is 0.333. The van der Waals surface area contributed by atoms with Gasteiger partial charge in [0.2, 0.25) is 0 Å². The summed E-state index contributed by atoms with van der Waals surface area (Å²) in [5, 5.41) is 7.89. The van der Waals surface area contributed by atoms with E-state index in [0.717, 1.165) is 11.0 Å². The third-order valence-electron chi connectivity index (χ3n) is 1.64. The van der Waals surface area contributed by atoms with Crippen LogP contribution in [0.3, 0.4) is 0 Å². The topological polar surface area (TPSA) is 39.9 Å². The lowest BCUT2D eigenvalue weighted by Gasteiger charge is -2.19. The van der Waals surface area contributed by atoms with E-state index in [9.17, 15) is 0 Å². The number of quaternary nitrogens is 1. The van der Waals surface area contributed by atoms with Gasteiger partial charge in [-0.1, -0.05) is 12.1 Å². The van der Waals surface area contributed by atoms with Gasteiger partial charge in [0.15, 0.2) is 0 Å². The molecule has 1 aromatic carbocycles. The van der Waals surface area contributed by atoms with Crippen molar-refractivity contribution in [3.63, 3.8) is 0 Å². The molecule has 0 fully saturated rings. The number of aromatic nitrogens is 3. The first-order valence-electron chi connectivity index (χ1n) is 4.38. The fourth-order valence-corrected chi connectivity index (χ4v) is 1.14. The van der Waals surface area contributed by atoms with E-state index in [1.807, 2.05) is 45.4 Å². The summed E-state index contributed by atoms with van der Waals surface area (Å²) in [4.78, 5) is 6.98. The van der Waals surface area contributed by atoms with E-state index >= 15 is 0 Å². The Labute approximate surface area is 82.0 Å². The summed E-state index contributed by atoms with van der Waals surface area (Å²) in [6.07, 6.45) is 0. The first-order valence-corrected chi connectivity index (χ1v) is 4.38. The van der Waals surface area contributed by atoms with Gasteiger partial charge in [0.05, 0.1) is 0 Å². The molecule has 5 nitrogen and oxygen atoms in total. The number of hydrogen-bond acceptors (Lipinski definition) is 3. The van der Waals surface area contributed by atoms with Crippen LogP contribution in [0.15, 0.2) is 24.3 Å². The van der Waals surface area contributed by atoms with Crippen molar-refractivity contribution in [2.45, 2.75) is 0 Å². The Balaban J connectivity index is 2.44. The van der Waals surface area contributed by atoms with Crippen LogP contribution in [0.1, 0.15) is 0 Å². The van der Waals surface area contributed by atoms with E-state index < -0.39 is 0 Å². The number of nitrogens with zero attached hydrogens (tertiary/aromatic N) is 4.